The summed E-state index contributed by atoms with van der Waals surface area (Å²) in [5.74, 6) is 0.705. The number of carbonyl (C=O) groups is 1. The number of hydrogen-bond donors (Lipinski definition) is 3. The van der Waals surface area contributed by atoms with Gasteiger partial charge in [0.15, 0.2) is 0 Å². The lowest BCUT2D eigenvalue weighted by Crippen LogP contribution is -2.44. The Morgan fingerprint density at radius 2 is 1.15 bits per heavy atom. The Hall–Kier alpha value is -2.29. The zero-order valence-corrected chi connectivity index (χ0v) is 19.7. The van der Waals surface area contributed by atoms with E-state index in [1.165, 1.54) is 23.5 Å². The smallest absolute Gasteiger partial charge is 0.338 e. The first-order valence-electron chi connectivity index (χ1n) is 10.6. The highest BCUT2D eigenvalue weighted by atomic mass is 32.2. The molecule has 0 fully saturated rings. The number of esters is 1. The average molecular weight is 485 g/mol. The number of thioether (sulfide) groups is 2. The normalized spacial score (nSPS) is 13.9. The van der Waals surface area contributed by atoms with Gasteiger partial charge < -0.3 is 20.1 Å². The molecule has 0 saturated heterocycles. The zero-order valence-electron chi connectivity index (χ0n) is 18.1. The molecule has 3 aromatic carbocycles. The van der Waals surface area contributed by atoms with Gasteiger partial charge in [0.05, 0.1) is 10.1 Å². The Morgan fingerprint density at radius 3 is 1.64 bits per heavy atom. The summed E-state index contributed by atoms with van der Waals surface area (Å²) in [6.45, 7) is -0.411. The number of aliphatic hydroxyl groups is 3. The van der Waals surface area contributed by atoms with E-state index in [9.17, 15) is 20.1 Å². The van der Waals surface area contributed by atoms with E-state index in [1.807, 2.05) is 60.7 Å². The summed E-state index contributed by atoms with van der Waals surface area (Å²) in [6, 6.07) is 28.2. The molecule has 0 aliphatic rings. The van der Waals surface area contributed by atoms with Gasteiger partial charge in [-0.3, -0.25) is 0 Å². The molecular formula is C26H28O5S2. The largest absolute Gasteiger partial charge is 0.459 e. The van der Waals surface area contributed by atoms with E-state index in [2.05, 4.69) is 0 Å². The van der Waals surface area contributed by atoms with Crippen LogP contribution in [0.4, 0.5) is 0 Å². The average Bonchev–Trinajstić information content (AvgIpc) is 2.88. The van der Waals surface area contributed by atoms with Crippen LogP contribution in [0.5, 0.6) is 0 Å². The van der Waals surface area contributed by atoms with E-state index in [4.69, 9.17) is 4.74 Å². The van der Waals surface area contributed by atoms with E-state index in [1.54, 1.807) is 30.3 Å². The molecule has 0 aromatic heterocycles. The van der Waals surface area contributed by atoms with Crippen molar-refractivity contribution in [1.82, 2.24) is 0 Å². The summed E-state index contributed by atoms with van der Waals surface area (Å²) in [4.78, 5) is 12.1. The molecule has 3 atom stereocenters. The van der Waals surface area contributed by atoms with E-state index in [0.717, 1.165) is 11.1 Å². The molecule has 0 heterocycles. The summed E-state index contributed by atoms with van der Waals surface area (Å²) in [5, 5.41) is 31.9. The minimum absolute atomic E-state index is 0.356. The first-order valence-corrected chi connectivity index (χ1v) is 12.7. The molecule has 33 heavy (non-hydrogen) atoms. The zero-order chi connectivity index (χ0) is 23.5. The van der Waals surface area contributed by atoms with Crippen molar-refractivity contribution in [2.24, 2.45) is 0 Å². The molecule has 5 nitrogen and oxygen atoms in total. The molecule has 0 radical (unpaired) electrons. The lowest BCUT2D eigenvalue weighted by molar-refractivity contribution is -0.0747. The molecule has 174 valence electrons. The Morgan fingerprint density at radius 1 is 0.697 bits per heavy atom. The van der Waals surface area contributed by atoms with Crippen molar-refractivity contribution in [1.29, 1.82) is 0 Å². The second kappa shape index (κ2) is 13.4. The van der Waals surface area contributed by atoms with Crippen molar-refractivity contribution >= 4 is 29.5 Å². The van der Waals surface area contributed by atoms with Crippen LogP contribution < -0.4 is 0 Å². The third-order valence-corrected chi connectivity index (χ3v) is 7.96. The SMILES string of the molecule is O=C(OCC(O)C(O)C(O)C(SCc1ccccc1)SCc1ccccc1)c1ccccc1. The standard InChI is InChI=1S/C26H28O5S2/c27-22(16-31-25(30)21-14-8-3-9-15-21)23(28)24(29)26(32-17-19-10-4-1-5-11-19)33-18-20-12-6-2-7-13-20/h1-15,22-24,26-29H,16-18H2. The molecule has 7 heteroatoms. The minimum atomic E-state index is -1.47. The van der Waals surface area contributed by atoms with Crippen molar-refractivity contribution in [2.45, 2.75) is 34.4 Å². The van der Waals surface area contributed by atoms with Crippen LogP contribution in [-0.4, -0.2) is 50.8 Å². The van der Waals surface area contributed by atoms with Gasteiger partial charge in [0.25, 0.3) is 0 Å². The van der Waals surface area contributed by atoms with Gasteiger partial charge in [-0.15, -0.1) is 23.5 Å². The fourth-order valence-corrected chi connectivity index (χ4v) is 5.66. The number of carbonyl (C=O) groups excluding carboxylic acids is 1. The van der Waals surface area contributed by atoms with Crippen molar-refractivity contribution in [3.05, 3.63) is 108 Å². The fourth-order valence-electron chi connectivity index (χ4n) is 3.06. The predicted molar refractivity (Wildman–Crippen MR) is 134 cm³/mol. The molecule has 3 unspecified atom stereocenters. The Labute approximate surface area is 202 Å². The van der Waals surface area contributed by atoms with Gasteiger partial charge in [0.1, 0.15) is 24.9 Å². The van der Waals surface area contributed by atoms with Crippen LogP contribution in [0.15, 0.2) is 91.0 Å². The maximum Gasteiger partial charge on any atom is 0.338 e. The number of ether oxygens (including phenoxy) is 1. The van der Waals surface area contributed by atoms with Crippen LogP contribution in [0.3, 0.4) is 0 Å². The van der Waals surface area contributed by atoms with Crippen LogP contribution in [-0.2, 0) is 16.2 Å². The molecule has 0 saturated carbocycles. The van der Waals surface area contributed by atoms with Gasteiger partial charge in [-0.05, 0) is 23.3 Å². The fraction of sp³-hybridized carbons (Fsp3) is 0.269. The van der Waals surface area contributed by atoms with Gasteiger partial charge in [-0.2, -0.15) is 0 Å². The van der Waals surface area contributed by atoms with Gasteiger partial charge in [0.2, 0.25) is 0 Å². The second-order valence-corrected chi connectivity index (χ2v) is 10.0. The van der Waals surface area contributed by atoms with Gasteiger partial charge >= 0.3 is 5.97 Å². The minimum Gasteiger partial charge on any atom is -0.459 e. The Kier molecular flexibility index (Phi) is 10.3. The predicted octanol–water partition coefficient (Wildman–Crippen LogP) is 4.12. The van der Waals surface area contributed by atoms with Crippen LogP contribution in [0.25, 0.3) is 0 Å². The Balaban J connectivity index is 1.59. The van der Waals surface area contributed by atoms with Crippen LogP contribution in [0, 0.1) is 0 Å². The number of hydrogen-bond acceptors (Lipinski definition) is 7. The highest BCUT2D eigenvalue weighted by Crippen LogP contribution is 2.34. The first-order chi connectivity index (χ1) is 16.0. The number of rotatable bonds is 12. The maximum absolute atomic E-state index is 12.1. The highest BCUT2D eigenvalue weighted by Gasteiger charge is 2.33. The lowest BCUT2D eigenvalue weighted by Gasteiger charge is -2.29. The van der Waals surface area contributed by atoms with Crippen molar-refractivity contribution < 1.29 is 24.9 Å². The van der Waals surface area contributed by atoms with Crippen LogP contribution in [0.2, 0.25) is 0 Å². The Bertz CT molecular complexity index is 913. The second-order valence-electron chi connectivity index (χ2n) is 7.47. The summed E-state index contributed by atoms with van der Waals surface area (Å²) in [6.07, 6.45) is -4.10. The summed E-state index contributed by atoms with van der Waals surface area (Å²) >= 11 is 3.01. The van der Waals surface area contributed by atoms with Crippen LogP contribution >= 0.6 is 23.5 Å². The third kappa shape index (κ3) is 8.21. The monoisotopic (exact) mass is 484 g/mol. The van der Waals surface area contributed by atoms with Crippen LogP contribution in [0.1, 0.15) is 21.5 Å². The van der Waals surface area contributed by atoms with E-state index in [-0.39, 0.29) is 0 Å². The van der Waals surface area contributed by atoms with Gasteiger partial charge in [0, 0.05) is 11.5 Å². The summed E-state index contributed by atoms with van der Waals surface area (Å²) in [5.41, 5.74) is 2.56. The molecule has 0 amide bonds. The molecular weight excluding hydrogens is 456 g/mol. The molecule has 3 aromatic rings. The molecule has 0 spiro atoms. The lowest BCUT2D eigenvalue weighted by atomic mass is 10.1. The molecule has 3 rings (SSSR count). The summed E-state index contributed by atoms with van der Waals surface area (Å²) < 4.78 is 4.72. The molecule has 0 aliphatic heterocycles. The van der Waals surface area contributed by atoms with E-state index < -0.39 is 35.5 Å². The quantitative estimate of drug-likeness (QED) is 0.263. The third-order valence-electron chi connectivity index (χ3n) is 4.93. The number of benzene rings is 3. The van der Waals surface area contributed by atoms with Gasteiger partial charge in [-0.25, -0.2) is 4.79 Å². The van der Waals surface area contributed by atoms with Crippen molar-refractivity contribution in [3.63, 3.8) is 0 Å². The molecule has 0 bridgehead atoms. The van der Waals surface area contributed by atoms with Crippen molar-refractivity contribution in [3.8, 4) is 0 Å². The van der Waals surface area contributed by atoms with E-state index >= 15 is 0 Å². The number of aliphatic hydroxyl groups excluding tert-OH is 3. The van der Waals surface area contributed by atoms with E-state index in [0.29, 0.717) is 17.1 Å². The van der Waals surface area contributed by atoms with Crippen molar-refractivity contribution in [2.75, 3.05) is 6.61 Å². The highest BCUT2D eigenvalue weighted by molar-refractivity contribution is 8.16. The first kappa shape index (κ1) is 25.3. The van der Waals surface area contributed by atoms with Gasteiger partial charge in [-0.1, -0.05) is 78.9 Å². The molecule has 0 aliphatic carbocycles. The topological polar surface area (TPSA) is 87.0 Å². The molecule has 3 N–H and O–H groups in total. The summed E-state index contributed by atoms with van der Waals surface area (Å²) in [7, 11) is 0. The maximum atomic E-state index is 12.1.